The Morgan fingerprint density at radius 1 is 1.64 bits per heavy atom. The Kier molecular flexibility index (Phi) is 2.77. The molecule has 0 fully saturated rings. The van der Waals surface area contributed by atoms with E-state index < -0.39 is 4.92 Å². The van der Waals surface area contributed by atoms with Gasteiger partial charge in [-0.2, -0.15) is 0 Å². The highest BCUT2D eigenvalue weighted by molar-refractivity contribution is 14.1. The lowest BCUT2D eigenvalue weighted by Gasteiger charge is -1.93. The van der Waals surface area contributed by atoms with Crippen LogP contribution in [0.2, 0.25) is 0 Å². The number of hydrogen-bond acceptors (Lipinski definition) is 3. The molecular weight excluding hydrogens is 327 g/mol. The third kappa shape index (κ3) is 2.09. The van der Waals surface area contributed by atoms with E-state index in [4.69, 9.17) is 0 Å². The number of halogens is 2. The molecule has 0 unspecified atom stereocenters. The summed E-state index contributed by atoms with van der Waals surface area (Å²) in [5.74, 6) is -0.142. The van der Waals surface area contributed by atoms with Crippen LogP contribution in [0.1, 0.15) is 0 Å². The van der Waals surface area contributed by atoms with Gasteiger partial charge < -0.3 is 10.1 Å². The smallest absolute Gasteiger partial charge is 0.358 e. The Morgan fingerprint density at radius 2 is 2.27 bits per heavy atom. The van der Waals surface area contributed by atoms with Crippen molar-refractivity contribution in [3.63, 3.8) is 0 Å². The quantitative estimate of drug-likeness (QED) is 0.344. The summed E-state index contributed by atoms with van der Waals surface area (Å²) in [5, 5.41) is 10.3. The van der Waals surface area contributed by atoms with Crippen LogP contribution in [0.5, 0.6) is 0 Å². The van der Waals surface area contributed by atoms with E-state index in [-0.39, 0.29) is 5.82 Å². The van der Waals surface area contributed by atoms with Crippen LogP contribution < -0.4 is 0 Å². The first-order valence-corrected chi connectivity index (χ1v) is 4.45. The SMILES string of the molecule is O=[N+]([O-])c1nc(I)ccc1Br. The summed E-state index contributed by atoms with van der Waals surface area (Å²) in [6.07, 6.45) is 0. The minimum atomic E-state index is -0.522. The van der Waals surface area contributed by atoms with Gasteiger partial charge in [0.25, 0.3) is 0 Å². The molecule has 0 aliphatic rings. The first-order valence-electron chi connectivity index (χ1n) is 2.57. The van der Waals surface area contributed by atoms with Crippen LogP contribution in [0, 0.1) is 13.8 Å². The molecular formula is C5H2BrIN2O2. The van der Waals surface area contributed by atoms with E-state index in [1.54, 1.807) is 12.1 Å². The minimum absolute atomic E-state index is 0.142. The molecule has 0 N–H and O–H groups in total. The van der Waals surface area contributed by atoms with Crippen LogP contribution in [-0.2, 0) is 0 Å². The lowest BCUT2D eigenvalue weighted by Crippen LogP contribution is -1.94. The molecule has 0 aliphatic carbocycles. The van der Waals surface area contributed by atoms with Gasteiger partial charge >= 0.3 is 5.82 Å². The highest BCUT2D eigenvalue weighted by Crippen LogP contribution is 2.22. The fourth-order valence-corrected chi connectivity index (χ4v) is 1.31. The van der Waals surface area contributed by atoms with Crippen molar-refractivity contribution < 1.29 is 4.92 Å². The zero-order valence-electron chi connectivity index (χ0n) is 5.12. The summed E-state index contributed by atoms with van der Waals surface area (Å²) in [6, 6.07) is 3.30. The molecule has 1 aromatic heterocycles. The Labute approximate surface area is 84.4 Å². The van der Waals surface area contributed by atoms with Gasteiger partial charge in [-0.25, -0.2) is 0 Å². The van der Waals surface area contributed by atoms with Gasteiger partial charge in [-0.05, 0) is 38.0 Å². The lowest BCUT2D eigenvalue weighted by atomic mass is 10.5. The maximum absolute atomic E-state index is 10.3. The van der Waals surface area contributed by atoms with Crippen molar-refractivity contribution in [2.24, 2.45) is 0 Å². The van der Waals surface area contributed by atoms with Crippen molar-refractivity contribution in [2.75, 3.05) is 0 Å². The van der Waals surface area contributed by atoms with E-state index in [2.05, 4.69) is 20.9 Å². The third-order valence-corrected chi connectivity index (χ3v) is 2.19. The second-order valence-corrected chi connectivity index (χ2v) is 3.66. The van der Waals surface area contributed by atoms with Gasteiger partial charge in [0.2, 0.25) is 3.70 Å². The molecule has 0 saturated carbocycles. The molecule has 11 heavy (non-hydrogen) atoms. The summed E-state index contributed by atoms with van der Waals surface area (Å²) in [7, 11) is 0. The van der Waals surface area contributed by atoms with Gasteiger partial charge in [0.1, 0.15) is 4.47 Å². The van der Waals surface area contributed by atoms with Gasteiger partial charge in [0.05, 0.1) is 0 Å². The number of aromatic nitrogens is 1. The molecule has 6 heteroatoms. The molecule has 1 aromatic rings. The Bertz CT molecular complexity index is 305. The second-order valence-electron chi connectivity index (χ2n) is 1.70. The second kappa shape index (κ2) is 3.44. The molecule has 1 heterocycles. The molecule has 0 amide bonds. The normalized spacial score (nSPS) is 9.64. The van der Waals surface area contributed by atoms with Crippen molar-refractivity contribution in [2.45, 2.75) is 0 Å². The summed E-state index contributed by atoms with van der Waals surface area (Å²) in [5.41, 5.74) is 0. The number of rotatable bonds is 1. The van der Waals surface area contributed by atoms with E-state index in [1.165, 1.54) is 0 Å². The molecule has 0 atom stereocenters. The van der Waals surface area contributed by atoms with Crippen LogP contribution in [-0.4, -0.2) is 9.91 Å². The van der Waals surface area contributed by atoms with Crippen LogP contribution >= 0.6 is 38.5 Å². The van der Waals surface area contributed by atoms with Crippen molar-refractivity contribution in [3.8, 4) is 0 Å². The van der Waals surface area contributed by atoms with Gasteiger partial charge in [-0.3, -0.25) is 0 Å². The zero-order valence-corrected chi connectivity index (χ0v) is 8.87. The molecule has 0 radical (unpaired) electrons. The van der Waals surface area contributed by atoms with Crippen LogP contribution in [0.25, 0.3) is 0 Å². The van der Waals surface area contributed by atoms with Crippen molar-refractivity contribution in [3.05, 3.63) is 30.4 Å². The van der Waals surface area contributed by atoms with Crippen molar-refractivity contribution in [1.82, 2.24) is 4.98 Å². The number of hydrogen-bond donors (Lipinski definition) is 0. The van der Waals surface area contributed by atoms with E-state index >= 15 is 0 Å². The van der Waals surface area contributed by atoms with E-state index in [9.17, 15) is 10.1 Å². The predicted octanol–water partition coefficient (Wildman–Crippen LogP) is 2.36. The highest BCUT2D eigenvalue weighted by Gasteiger charge is 2.13. The third-order valence-electron chi connectivity index (χ3n) is 0.966. The first kappa shape index (κ1) is 8.85. The van der Waals surface area contributed by atoms with E-state index in [0.29, 0.717) is 8.17 Å². The van der Waals surface area contributed by atoms with Crippen LogP contribution in [0.4, 0.5) is 5.82 Å². The monoisotopic (exact) mass is 328 g/mol. The summed E-state index contributed by atoms with van der Waals surface area (Å²) >= 11 is 4.94. The number of nitrogens with zero attached hydrogens (tertiary/aromatic N) is 2. The van der Waals surface area contributed by atoms with Gasteiger partial charge in [-0.15, -0.1) is 0 Å². The minimum Gasteiger partial charge on any atom is -0.358 e. The maximum atomic E-state index is 10.3. The molecule has 4 nitrogen and oxygen atoms in total. The van der Waals surface area contributed by atoms with Crippen molar-refractivity contribution in [1.29, 1.82) is 0 Å². The predicted molar refractivity (Wildman–Crippen MR) is 51.3 cm³/mol. The zero-order chi connectivity index (χ0) is 8.43. The number of nitro groups is 1. The summed E-state index contributed by atoms with van der Waals surface area (Å²) in [6.45, 7) is 0. The van der Waals surface area contributed by atoms with E-state index in [1.807, 2.05) is 22.6 Å². The van der Waals surface area contributed by atoms with Crippen LogP contribution in [0.15, 0.2) is 16.6 Å². The molecule has 1 rings (SSSR count). The Hall–Kier alpha value is -0.240. The average molecular weight is 329 g/mol. The van der Waals surface area contributed by atoms with Gasteiger partial charge in [0.15, 0.2) is 0 Å². The topological polar surface area (TPSA) is 56.0 Å². The van der Waals surface area contributed by atoms with Gasteiger partial charge in [0, 0.05) is 22.6 Å². The largest absolute Gasteiger partial charge is 0.378 e. The van der Waals surface area contributed by atoms with Crippen LogP contribution in [0.3, 0.4) is 0 Å². The molecule has 0 aromatic carbocycles. The fraction of sp³-hybridized carbons (Fsp3) is 0. The highest BCUT2D eigenvalue weighted by atomic mass is 127. The van der Waals surface area contributed by atoms with Crippen molar-refractivity contribution >= 4 is 44.3 Å². The van der Waals surface area contributed by atoms with Gasteiger partial charge in [-0.1, -0.05) is 0 Å². The molecule has 0 saturated heterocycles. The lowest BCUT2D eigenvalue weighted by molar-refractivity contribution is -0.390. The maximum Gasteiger partial charge on any atom is 0.378 e. The number of pyridine rings is 1. The molecule has 0 bridgehead atoms. The first-order chi connectivity index (χ1) is 5.11. The standard InChI is InChI=1S/C5H2BrIN2O2/c6-3-1-2-4(7)8-5(3)9(10)11/h1-2H. The molecule has 58 valence electrons. The molecule has 0 spiro atoms. The average Bonchev–Trinajstić information content (AvgIpc) is 1.94. The summed E-state index contributed by atoms with van der Waals surface area (Å²) < 4.78 is 1.01. The molecule has 0 aliphatic heterocycles. The Balaban J connectivity index is 3.23. The van der Waals surface area contributed by atoms with E-state index in [0.717, 1.165) is 0 Å². The fourth-order valence-electron chi connectivity index (χ4n) is 0.536. The Morgan fingerprint density at radius 3 is 2.73 bits per heavy atom. The summed E-state index contributed by atoms with van der Waals surface area (Å²) in [4.78, 5) is 13.5.